The maximum absolute atomic E-state index is 12.5. The number of piperazine rings is 1. The lowest BCUT2D eigenvalue weighted by Gasteiger charge is -2.29. The summed E-state index contributed by atoms with van der Waals surface area (Å²) < 4.78 is 37.4. The van der Waals surface area contributed by atoms with Crippen LogP contribution in [0.1, 0.15) is 5.56 Å². The van der Waals surface area contributed by atoms with Crippen molar-refractivity contribution in [2.24, 2.45) is 0 Å². The number of hydrogen-bond donors (Lipinski definition) is 1. The van der Waals surface area contributed by atoms with E-state index in [2.05, 4.69) is 10.3 Å². The van der Waals surface area contributed by atoms with E-state index in [-0.39, 0.29) is 12.4 Å². The van der Waals surface area contributed by atoms with E-state index in [9.17, 15) is 13.2 Å². The molecule has 0 aromatic carbocycles. The van der Waals surface area contributed by atoms with Crippen molar-refractivity contribution in [1.29, 1.82) is 0 Å². The Kier molecular flexibility index (Phi) is 4.59. The van der Waals surface area contributed by atoms with E-state index in [0.29, 0.717) is 18.8 Å². The molecule has 2 rings (SSSR count). The van der Waals surface area contributed by atoms with Crippen LogP contribution < -0.4 is 10.2 Å². The molecular weight excluding hydrogens is 255 g/mol. The minimum atomic E-state index is -4.32. The number of hydrogen-bond acceptors (Lipinski definition) is 3. The van der Waals surface area contributed by atoms with Gasteiger partial charge in [0.05, 0.1) is 17.4 Å². The molecule has 0 unspecified atom stereocenters. The smallest absolute Gasteiger partial charge is 0.368 e. The van der Waals surface area contributed by atoms with Crippen molar-refractivity contribution in [2.45, 2.75) is 6.18 Å². The summed E-state index contributed by atoms with van der Waals surface area (Å²) in [7, 11) is 0. The first kappa shape index (κ1) is 14.1. The van der Waals surface area contributed by atoms with Gasteiger partial charge in [-0.2, -0.15) is 13.2 Å². The van der Waals surface area contributed by atoms with E-state index < -0.39 is 11.7 Å². The quantitative estimate of drug-likeness (QED) is 0.843. The first-order chi connectivity index (χ1) is 7.57. The summed E-state index contributed by atoms with van der Waals surface area (Å²) in [5.74, 6) is 0. The zero-order chi connectivity index (χ0) is 11.6. The van der Waals surface area contributed by atoms with Crippen LogP contribution in [0.25, 0.3) is 0 Å². The number of halogens is 4. The van der Waals surface area contributed by atoms with E-state index in [4.69, 9.17) is 0 Å². The summed E-state index contributed by atoms with van der Waals surface area (Å²) in [6.07, 6.45) is -2.00. The number of aromatic nitrogens is 1. The van der Waals surface area contributed by atoms with Crippen molar-refractivity contribution in [3.05, 3.63) is 24.0 Å². The van der Waals surface area contributed by atoms with Gasteiger partial charge in [-0.15, -0.1) is 12.4 Å². The van der Waals surface area contributed by atoms with Gasteiger partial charge < -0.3 is 10.2 Å². The second kappa shape index (κ2) is 5.55. The Balaban J connectivity index is 0.00000144. The summed E-state index contributed by atoms with van der Waals surface area (Å²) in [5.41, 5.74) is -0.153. The molecular formula is C10H13ClF3N3. The highest BCUT2D eigenvalue weighted by atomic mass is 35.5. The van der Waals surface area contributed by atoms with Crippen LogP contribution in [0.3, 0.4) is 0 Å². The summed E-state index contributed by atoms with van der Waals surface area (Å²) in [5, 5.41) is 3.15. The predicted molar refractivity (Wildman–Crippen MR) is 61.6 cm³/mol. The van der Waals surface area contributed by atoms with Crippen LogP contribution in [0.5, 0.6) is 0 Å². The Morgan fingerprint density at radius 2 is 1.82 bits per heavy atom. The molecule has 1 saturated heterocycles. The minimum absolute atomic E-state index is 0. The van der Waals surface area contributed by atoms with Crippen molar-refractivity contribution >= 4 is 18.1 Å². The maximum Gasteiger partial charge on any atom is 0.417 e. The molecule has 1 N–H and O–H groups in total. The second-order valence-corrected chi connectivity index (χ2v) is 3.67. The number of rotatable bonds is 1. The normalized spacial score (nSPS) is 16.5. The lowest BCUT2D eigenvalue weighted by molar-refractivity contribution is -0.137. The SMILES string of the molecule is Cl.FC(F)(F)c1cncc(N2CCNCC2)c1. The summed E-state index contributed by atoms with van der Waals surface area (Å²) >= 11 is 0. The van der Waals surface area contributed by atoms with Gasteiger partial charge in [-0.1, -0.05) is 0 Å². The van der Waals surface area contributed by atoms with Crippen LogP contribution >= 0.6 is 12.4 Å². The van der Waals surface area contributed by atoms with Gasteiger partial charge in [-0.05, 0) is 6.07 Å². The second-order valence-electron chi connectivity index (χ2n) is 3.67. The number of nitrogens with zero attached hydrogens (tertiary/aromatic N) is 2. The molecule has 17 heavy (non-hydrogen) atoms. The lowest BCUT2D eigenvalue weighted by Crippen LogP contribution is -2.43. The van der Waals surface area contributed by atoms with E-state index in [1.54, 1.807) is 0 Å². The fourth-order valence-corrected chi connectivity index (χ4v) is 1.68. The fourth-order valence-electron chi connectivity index (χ4n) is 1.68. The van der Waals surface area contributed by atoms with Gasteiger partial charge in [0.25, 0.3) is 0 Å². The lowest BCUT2D eigenvalue weighted by atomic mass is 10.2. The Morgan fingerprint density at radius 3 is 2.41 bits per heavy atom. The van der Waals surface area contributed by atoms with Crippen molar-refractivity contribution in [3.63, 3.8) is 0 Å². The molecule has 0 spiro atoms. The Morgan fingerprint density at radius 1 is 1.18 bits per heavy atom. The molecule has 1 aromatic heterocycles. The van der Waals surface area contributed by atoms with Crippen molar-refractivity contribution < 1.29 is 13.2 Å². The third kappa shape index (κ3) is 3.47. The van der Waals surface area contributed by atoms with Gasteiger partial charge >= 0.3 is 6.18 Å². The molecule has 0 aliphatic carbocycles. The van der Waals surface area contributed by atoms with Gasteiger partial charge in [-0.3, -0.25) is 4.98 Å². The molecule has 0 radical (unpaired) electrons. The average molecular weight is 268 g/mol. The highest BCUT2D eigenvalue weighted by Crippen LogP contribution is 2.30. The van der Waals surface area contributed by atoms with Gasteiger partial charge in [0.1, 0.15) is 0 Å². The third-order valence-corrected chi connectivity index (χ3v) is 2.53. The molecule has 1 aliphatic rings. The van der Waals surface area contributed by atoms with Crippen LogP contribution in [0.4, 0.5) is 18.9 Å². The molecule has 7 heteroatoms. The Labute approximate surface area is 103 Å². The molecule has 1 fully saturated rings. The number of alkyl halides is 3. The van der Waals surface area contributed by atoms with Crippen molar-refractivity contribution in [2.75, 3.05) is 31.1 Å². The van der Waals surface area contributed by atoms with Crippen molar-refractivity contribution in [1.82, 2.24) is 10.3 Å². The molecule has 0 amide bonds. The number of nitrogens with one attached hydrogen (secondary N) is 1. The summed E-state index contributed by atoms with van der Waals surface area (Å²) in [6.45, 7) is 3.00. The van der Waals surface area contributed by atoms with Crippen molar-refractivity contribution in [3.8, 4) is 0 Å². The van der Waals surface area contributed by atoms with Crippen LogP contribution in [-0.4, -0.2) is 31.2 Å². The highest BCUT2D eigenvalue weighted by Gasteiger charge is 2.31. The van der Waals surface area contributed by atoms with E-state index in [0.717, 1.165) is 25.4 Å². The maximum atomic E-state index is 12.5. The van der Waals surface area contributed by atoms with Gasteiger partial charge in [-0.25, -0.2) is 0 Å². The zero-order valence-electron chi connectivity index (χ0n) is 9.00. The Bertz CT molecular complexity index is 364. The third-order valence-electron chi connectivity index (χ3n) is 2.53. The highest BCUT2D eigenvalue weighted by molar-refractivity contribution is 5.85. The van der Waals surface area contributed by atoms with Gasteiger partial charge in [0.2, 0.25) is 0 Å². The van der Waals surface area contributed by atoms with E-state index >= 15 is 0 Å². The van der Waals surface area contributed by atoms with Gasteiger partial charge in [0.15, 0.2) is 0 Å². The molecule has 3 nitrogen and oxygen atoms in total. The molecule has 0 atom stereocenters. The molecule has 1 aromatic rings. The number of pyridine rings is 1. The minimum Gasteiger partial charge on any atom is -0.368 e. The van der Waals surface area contributed by atoms with Gasteiger partial charge in [0, 0.05) is 32.4 Å². The van der Waals surface area contributed by atoms with E-state index in [1.807, 2.05) is 4.90 Å². The largest absolute Gasteiger partial charge is 0.417 e. The average Bonchev–Trinajstić information content (AvgIpc) is 2.29. The summed E-state index contributed by atoms with van der Waals surface area (Å²) in [4.78, 5) is 5.55. The van der Waals surface area contributed by atoms with Crippen LogP contribution in [0.15, 0.2) is 18.5 Å². The molecule has 0 bridgehead atoms. The topological polar surface area (TPSA) is 28.2 Å². The predicted octanol–water partition coefficient (Wildman–Crippen LogP) is 1.93. The zero-order valence-corrected chi connectivity index (χ0v) is 9.81. The molecule has 96 valence electrons. The monoisotopic (exact) mass is 267 g/mol. The fraction of sp³-hybridized carbons (Fsp3) is 0.500. The van der Waals surface area contributed by atoms with Crippen LogP contribution in [0, 0.1) is 0 Å². The summed E-state index contributed by atoms with van der Waals surface area (Å²) in [6, 6.07) is 1.15. The first-order valence-corrected chi connectivity index (χ1v) is 5.05. The van der Waals surface area contributed by atoms with E-state index in [1.165, 1.54) is 6.20 Å². The molecule has 1 aliphatic heterocycles. The van der Waals surface area contributed by atoms with Crippen LogP contribution in [-0.2, 0) is 6.18 Å². The Hall–Kier alpha value is -1.01. The molecule has 2 heterocycles. The first-order valence-electron chi connectivity index (χ1n) is 5.05. The standard InChI is InChI=1S/C10H12F3N3.ClH/c11-10(12,13)8-5-9(7-15-6-8)16-3-1-14-2-4-16;/h5-7,14H,1-4H2;1H. The van der Waals surface area contributed by atoms with Crippen LogP contribution in [0.2, 0.25) is 0 Å². The molecule has 0 saturated carbocycles. The number of anilines is 1.